The van der Waals surface area contributed by atoms with Crippen molar-refractivity contribution in [2.24, 2.45) is 0 Å². The molecular weight excluding hydrogens is 162 g/mol. The maximum Gasteiger partial charge on any atom is 0.206 e. The maximum absolute atomic E-state index is 4.29. The highest BCUT2D eigenvalue weighted by Gasteiger charge is 2.30. The van der Waals surface area contributed by atoms with Crippen LogP contribution in [0.3, 0.4) is 0 Å². The van der Waals surface area contributed by atoms with Crippen molar-refractivity contribution in [3.8, 4) is 0 Å². The lowest BCUT2D eigenvalue weighted by atomic mass is 10.1. The SMILES string of the molecule is CC(C)(C)N1C=C[NH+]2[N-]C=CC=C12. The molecule has 3 nitrogen and oxygen atoms in total. The minimum atomic E-state index is 0.130. The van der Waals surface area contributed by atoms with Crippen molar-refractivity contribution in [3.05, 3.63) is 42.0 Å². The van der Waals surface area contributed by atoms with E-state index in [9.17, 15) is 0 Å². The molecule has 0 radical (unpaired) electrons. The van der Waals surface area contributed by atoms with Gasteiger partial charge in [-0.2, -0.15) is 0 Å². The smallest absolute Gasteiger partial charge is 0.206 e. The molecule has 13 heavy (non-hydrogen) atoms. The van der Waals surface area contributed by atoms with E-state index in [1.54, 1.807) is 0 Å². The molecule has 2 aliphatic heterocycles. The first-order valence-electron chi connectivity index (χ1n) is 4.51. The third kappa shape index (κ3) is 1.35. The van der Waals surface area contributed by atoms with Crippen LogP contribution in [-0.2, 0) is 0 Å². The summed E-state index contributed by atoms with van der Waals surface area (Å²) in [5, 5.41) is 1.07. The van der Waals surface area contributed by atoms with E-state index < -0.39 is 0 Å². The molecule has 2 heterocycles. The van der Waals surface area contributed by atoms with E-state index in [0.717, 1.165) is 5.01 Å². The van der Waals surface area contributed by atoms with Crippen molar-refractivity contribution >= 4 is 0 Å². The summed E-state index contributed by atoms with van der Waals surface area (Å²) >= 11 is 0. The molecule has 0 spiro atoms. The third-order valence-corrected chi connectivity index (χ3v) is 2.18. The largest absolute Gasteiger partial charge is 0.484 e. The molecule has 1 atom stereocenters. The van der Waals surface area contributed by atoms with Gasteiger partial charge in [0.25, 0.3) is 0 Å². The molecule has 0 saturated heterocycles. The van der Waals surface area contributed by atoms with Gasteiger partial charge in [0.2, 0.25) is 5.82 Å². The van der Waals surface area contributed by atoms with Crippen molar-refractivity contribution in [2.45, 2.75) is 26.3 Å². The van der Waals surface area contributed by atoms with Gasteiger partial charge in [-0.3, -0.25) is 4.90 Å². The van der Waals surface area contributed by atoms with Crippen molar-refractivity contribution in [1.82, 2.24) is 4.90 Å². The molecule has 0 fully saturated rings. The van der Waals surface area contributed by atoms with E-state index in [0.29, 0.717) is 0 Å². The van der Waals surface area contributed by atoms with E-state index in [1.165, 1.54) is 5.82 Å². The Bertz CT molecular complexity index is 294. The molecule has 3 heteroatoms. The summed E-state index contributed by atoms with van der Waals surface area (Å²) in [6, 6.07) is 0. The summed E-state index contributed by atoms with van der Waals surface area (Å²) in [7, 11) is 0. The highest BCUT2D eigenvalue weighted by molar-refractivity contribution is 5.20. The van der Waals surface area contributed by atoms with Crippen molar-refractivity contribution < 1.29 is 5.01 Å². The minimum absolute atomic E-state index is 0.130. The number of allylic oxidation sites excluding steroid dienone is 2. The highest BCUT2D eigenvalue weighted by atomic mass is 15.6. The van der Waals surface area contributed by atoms with Crippen LogP contribution in [0.15, 0.2) is 36.6 Å². The van der Waals surface area contributed by atoms with Gasteiger partial charge in [0.15, 0.2) is 0 Å². The van der Waals surface area contributed by atoms with E-state index in [1.807, 2.05) is 12.3 Å². The summed E-state index contributed by atoms with van der Waals surface area (Å²) in [6.45, 7) is 6.58. The molecule has 1 unspecified atom stereocenters. The van der Waals surface area contributed by atoms with E-state index in [4.69, 9.17) is 0 Å². The molecule has 0 aromatic carbocycles. The van der Waals surface area contributed by atoms with Gasteiger partial charge >= 0.3 is 0 Å². The second-order valence-corrected chi connectivity index (χ2v) is 4.26. The Labute approximate surface area is 79.0 Å². The van der Waals surface area contributed by atoms with Crippen LogP contribution >= 0.6 is 0 Å². The first-order chi connectivity index (χ1) is 6.09. The summed E-state index contributed by atoms with van der Waals surface area (Å²) in [6.07, 6.45) is 10.1. The number of rotatable bonds is 0. The minimum Gasteiger partial charge on any atom is -0.484 e. The number of nitrogens with zero attached hydrogens (tertiary/aromatic N) is 2. The lowest BCUT2D eigenvalue weighted by Crippen LogP contribution is -3.01. The van der Waals surface area contributed by atoms with Gasteiger partial charge in [-0.25, -0.2) is 0 Å². The first kappa shape index (κ1) is 8.38. The van der Waals surface area contributed by atoms with Crippen LogP contribution in [0.25, 0.3) is 5.43 Å². The number of hydrogen-bond donors (Lipinski definition) is 1. The second-order valence-electron chi connectivity index (χ2n) is 4.26. The number of fused-ring (bicyclic) bond motifs is 1. The normalized spacial score (nSPS) is 25.6. The molecule has 0 bridgehead atoms. The fourth-order valence-corrected chi connectivity index (χ4v) is 1.55. The molecule has 0 aliphatic carbocycles. The number of quaternary nitrogens is 1. The Morgan fingerprint density at radius 2 is 2.15 bits per heavy atom. The fourth-order valence-electron chi connectivity index (χ4n) is 1.55. The Hall–Kier alpha value is -1.22. The average Bonchev–Trinajstić information content (AvgIpc) is 2.45. The second kappa shape index (κ2) is 2.64. The van der Waals surface area contributed by atoms with Crippen molar-refractivity contribution in [2.75, 3.05) is 0 Å². The summed E-state index contributed by atoms with van der Waals surface area (Å²) in [4.78, 5) is 2.25. The van der Waals surface area contributed by atoms with Crippen molar-refractivity contribution in [1.29, 1.82) is 0 Å². The molecular formula is C10H15N3. The van der Waals surface area contributed by atoms with Crippen molar-refractivity contribution in [3.63, 3.8) is 0 Å². The first-order valence-corrected chi connectivity index (χ1v) is 4.51. The zero-order valence-electron chi connectivity index (χ0n) is 8.28. The van der Waals surface area contributed by atoms with E-state index >= 15 is 0 Å². The Morgan fingerprint density at radius 3 is 2.85 bits per heavy atom. The van der Waals surface area contributed by atoms with Crippen LogP contribution in [-0.4, -0.2) is 10.4 Å². The summed E-state index contributed by atoms with van der Waals surface area (Å²) in [5.74, 6) is 1.20. The predicted molar refractivity (Wildman–Crippen MR) is 52.3 cm³/mol. The van der Waals surface area contributed by atoms with Crippen LogP contribution < -0.4 is 5.01 Å². The van der Waals surface area contributed by atoms with E-state index in [2.05, 4.69) is 49.6 Å². The topological polar surface area (TPSA) is 21.8 Å². The Morgan fingerprint density at radius 1 is 1.38 bits per heavy atom. The molecule has 0 aromatic rings. The average molecular weight is 177 g/mol. The zero-order valence-corrected chi connectivity index (χ0v) is 8.28. The van der Waals surface area contributed by atoms with Crippen LogP contribution in [0.5, 0.6) is 0 Å². The van der Waals surface area contributed by atoms with Gasteiger partial charge in [-0.05, 0) is 20.8 Å². The quantitative estimate of drug-likeness (QED) is 0.588. The molecule has 0 amide bonds. The lowest BCUT2D eigenvalue weighted by molar-refractivity contribution is -0.763. The maximum atomic E-state index is 4.29. The van der Waals surface area contributed by atoms with Gasteiger partial charge in [-0.1, -0.05) is 6.08 Å². The van der Waals surface area contributed by atoms with Crippen LogP contribution in [0.1, 0.15) is 20.8 Å². The highest BCUT2D eigenvalue weighted by Crippen LogP contribution is 2.21. The molecule has 1 N–H and O–H groups in total. The summed E-state index contributed by atoms with van der Waals surface area (Å²) < 4.78 is 0. The lowest BCUT2D eigenvalue weighted by Gasteiger charge is -2.35. The number of nitrogens with one attached hydrogen (secondary N) is 1. The van der Waals surface area contributed by atoms with Gasteiger partial charge < -0.3 is 10.4 Å². The summed E-state index contributed by atoms with van der Waals surface area (Å²) in [5.41, 5.74) is 4.42. The molecule has 0 aromatic heterocycles. The van der Waals surface area contributed by atoms with E-state index in [-0.39, 0.29) is 5.54 Å². The zero-order chi connectivity index (χ0) is 9.47. The van der Waals surface area contributed by atoms with Crippen LogP contribution in [0.4, 0.5) is 0 Å². The monoisotopic (exact) mass is 177 g/mol. The predicted octanol–water partition coefficient (Wildman–Crippen LogP) is 1.11. The Kier molecular flexibility index (Phi) is 1.70. The Balaban J connectivity index is 2.29. The molecule has 0 saturated carbocycles. The van der Waals surface area contributed by atoms with Crippen LogP contribution in [0.2, 0.25) is 0 Å². The standard InChI is InChI=1S/C10H15N3/c1-10(2,3)12-7-8-13-9(12)5-4-6-11-13/h4-8,13H,1-3H3. The van der Waals surface area contributed by atoms with Gasteiger partial charge in [-0.15, -0.1) is 6.20 Å². The third-order valence-electron chi connectivity index (χ3n) is 2.18. The molecule has 2 rings (SSSR count). The molecule has 2 aliphatic rings. The van der Waals surface area contributed by atoms with Crippen LogP contribution in [0, 0.1) is 0 Å². The van der Waals surface area contributed by atoms with Gasteiger partial charge in [0.1, 0.15) is 6.20 Å². The van der Waals surface area contributed by atoms with Gasteiger partial charge in [0, 0.05) is 11.6 Å². The number of hydrogen-bond acceptors (Lipinski definition) is 1. The fraction of sp³-hybridized carbons (Fsp3) is 0.400. The van der Waals surface area contributed by atoms with Gasteiger partial charge in [0.05, 0.1) is 6.20 Å². The molecule has 70 valence electrons.